The molecule has 10 heteroatoms. The molecule has 0 aliphatic carbocycles. The van der Waals surface area contributed by atoms with Gasteiger partial charge in [-0.25, -0.2) is 0 Å². The van der Waals surface area contributed by atoms with Crippen molar-refractivity contribution in [2.24, 2.45) is 0 Å². The number of nitrogens with zero attached hydrogens (tertiary/aromatic N) is 6. The lowest BCUT2D eigenvalue weighted by Gasteiger charge is -2.08. The van der Waals surface area contributed by atoms with Gasteiger partial charge < -0.3 is 8.94 Å². The molecule has 0 saturated carbocycles. The minimum Gasteiger partial charge on any atom is -0.467 e. The number of furan rings is 1. The fourth-order valence-electron chi connectivity index (χ4n) is 3.00. The first kappa shape index (κ1) is 19.5. The van der Waals surface area contributed by atoms with Crippen molar-refractivity contribution in [2.75, 3.05) is 0 Å². The van der Waals surface area contributed by atoms with Crippen molar-refractivity contribution in [2.45, 2.75) is 17.5 Å². The molecular formula is C21H15ClN6O2S. The van der Waals surface area contributed by atoms with Crippen LogP contribution in [0.1, 0.15) is 11.7 Å². The van der Waals surface area contributed by atoms with Crippen molar-refractivity contribution < 1.29 is 8.94 Å². The van der Waals surface area contributed by atoms with Crippen LogP contribution in [0.2, 0.25) is 5.02 Å². The third-order valence-corrected chi connectivity index (χ3v) is 5.72. The van der Waals surface area contributed by atoms with E-state index in [1.54, 1.807) is 24.7 Å². The van der Waals surface area contributed by atoms with E-state index < -0.39 is 0 Å². The SMILES string of the molecule is Clc1ccccc1-c1noc(CSc2nnc(-c3cccnc3)n2Cc2ccco2)n1. The van der Waals surface area contributed by atoms with Crippen molar-refractivity contribution >= 4 is 23.4 Å². The second kappa shape index (κ2) is 8.75. The Morgan fingerprint density at radius 2 is 1.97 bits per heavy atom. The predicted octanol–water partition coefficient (Wildman–Crippen LogP) is 4.98. The summed E-state index contributed by atoms with van der Waals surface area (Å²) < 4.78 is 12.9. The molecule has 0 amide bonds. The standard InChI is InChI=1S/C21H15ClN6O2S/c22-17-8-2-1-7-16(17)19-24-18(30-27-19)13-31-21-26-25-20(14-5-3-9-23-11-14)28(21)12-15-6-4-10-29-15/h1-11H,12-13H2. The number of aromatic nitrogens is 6. The number of benzene rings is 1. The summed E-state index contributed by atoms with van der Waals surface area (Å²) in [5.41, 5.74) is 1.59. The summed E-state index contributed by atoms with van der Waals surface area (Å²) in [6.07, 6.45) is 5.12. The summed E-state index contributed by atoms with van der Waals surface area (Å²) in [6.45, 7) is 0.487. The predicted molar refractivity (Wildman–Crippen MR) is 115 cm³/mol. The Hall–Kier alpha value is -3.43. The van der Waals surface area contributed by atoms with Crippen molar-refractivity contribution in [1.82, 2.24) is 29.9 Å². The molecule has 0 N–H and O–H groups in total. The molecule has 5 rings (SSSR count). The highest BCUT2D eigenvalue weighted by molar-refractivity contribution is 7.98. The molecular weight excluding hydrogens is 436 g/mol. The van der Waals surface area contributed by atoms with E-state index in [1.165, 1.54) is 11.8 Å². The van der Waals surface area contributed by atoms with E-state index in [9.17, 15) is 0 Å². The van der Waals surface area contributed by atoms with Crippen LogP contribution in [0.25, 0.3) is 22.8 Å². The zero-order chi connectivity index (χ0) is 21.0. The number of thioether (sulfide) groups is 1. The van der Waals surface area contributed by atoms with Gasteiger partial charge in [-0.3, -0.25) is 9.55 Å². The van der Waals surface area contributed by atoms with E-state index >= 15 is 0 Å². The van der Waals surface area contributed by atoms with Gasteiger partial charge in [-0.15, -0.1) is 10.2 Å². The summed E-state index contributed by atoms with van der Waals surface area (Å²) in [7, 11) is 0. The molecule has 5 aromatic rings. The second-order valence-electron chi connectivity index (χ2n) is 6.49. The molecule has 8 nitrogen and oxygen atoms in total. The van der Waals surface area contributed by atoms with Crippen LogP contribution in [0, 0.1) is 0 Å². The van der Waals surface area contributed by atoms with Gasteiger partial charge >= 0.3 is 0 Å². The van der Waals surface area contributed by atoms with Crippen LogP contribution >= 0.6 is 23.4 Å². The van der Waals surface area contributed by atoms with E-state index in [2.05, 4.69) is 25.3 Å². The lowest BCUT2D eigenvalue weighted by Crippen LogP contribution is -2.03. The Kier molecular flexibility index (Phi) is 5.51. The number of halogens is 1. The van der Waals surface area contributed by atoms with Crippen molar-refractivity contribution in [3.63, 3.8) is 0 Å². The van der Waals surface area contributed by atoms with Gasteiger partial charge in [0.25, 0.3) is 0 Å². The van der Waals surface area contributed by atoms with Crippen LogP contribution < -0.4 is 0 Å². The second-order valence-corrected chi connectivity index (χ2v) is 7.84. The molecule has 0 fully saturated rings. The molecule has 0 aliphatic rings. The maximum Gasteiger partial charge on any atom is 0.237 e. The maximum absolute atomic E-state index is 6.23. The van der Waals surface area contributed by atoms with Gasteiger partial charge in [0.2, 0.25) is 11.7 Å². The first-order valence-electron chi connectivity index (χ1n) is 9.34. The molecule has 1 aromatic carbocycles. The quantitative estimate of drug-likeness (QED) is 0.320. The minimum atomic E-state index is 0.431. The highest BCUT2D eigenvalue weighted by Gasteiger charge is 2.18. The summed E-state index contributed by atoms with van der Waals surface area (Å²) in [4.78, 5) is 8.64. The highest BCUT2D eigenvalue weighted by Crippen LogP contribution is 2.29. The lowest BCUT2D eigenvalue weighted by atomic mass is 10.2. The fourth-order valence-corrected chi connectivity index (χ4v) is 3.99. The third kappa shape index (κ3) is 4.23. The normalized spacial score (nSPS) is 11.1. The van der Waals surface area contributed by atoms with E-state index in [4.69, 9.17) is 20.5 Å². The maximum atomic E-state index is 6.23. The monoisotopic (exact) mass is 450 g/mol. The molecule has 0 unspecified atom stereocenters. The van der Waals surface area contributed by atoms with Gasteiger partial charge in [-0.1, -0.05) is 40.7 Å². The van der Waals surface area contributed by atoms with E-state index in [0.717, 1.165) is 16.9 Å². The number of rotatable bonds is 7. The van der Waals surface area contributed by atoms with Crippen LogP contribution in [0.5, 0.6) is 0 Å². The Bertz CT molecular complexity index is 1290. The summed E-state index contributed by atoms with van der Waals surface area (Å²) >= 11 is 7.68. The van der Waals surface area contributed by atoms with Gasteiger partial charge in [-0.2, -0.15) is 4.98 Å². The van der Waals surface area contributed by atoms with Crippen LogP contribution in [0.3, 0.4) is 0 Å². The Labute approximate surface area is 186 Å². The number of hydrogen-bond acceptors (Lipinski definition) is 8. The summed E-state index contributed by atoms with van der Waals surface area (Å²) in [5, 5.41) is 14.1. The zero-order valence-electron chi connectivity index (χ0n) is 16.1. The number of hydrogen-bond donors (Lipinski definition) is 0. The molecule has 0 aliphatic heterocycles. The van der Waals surface area contributed by atoms with E-state index in [-0.39, 0.29) is 0 Å². The van der Waals surface area contributed by atoms with Crippen LogP contribution in [-0.2, 0) is 12.3 Å². The first-order valence-corrected chi connectivity index (χ1v) is 10.7. The first-order chi connectivity index (χ1) is 15.3. The molecule has 0 bridgehead atoms. The van der Waals surface area contributed by atoms with Crippen molar-refractivity contribution in [3.8, 4) is 22.8 Å². The average Bonchev–Trinajstić information content (AvgIpc) is 3.55. The summed E-state index contributed by atoms with van der Waals surface area (Å²) in [6, 6.07) is 14.9. The van der Waals surface area contributed by atoms with Crippen LogP contribution in [0.4, 0.5) is 0 Å². The highest BCUT2D eigenvalue weighted by atomic mass is 35.5. The smallest absolute Gasteiger partial charge is 0.237 e. The van der Waals surface area contributed by atoms with Gasteiger partial charge in [0.05, 0.1) is 23.6 Å². The largest absolute Gasteiger partial charge is 0.467 e. The number of pyridine rings is 1. The molecule has 31 heavy (non-hydrogen) atoms. The fraction of sp³-hybridized carbons (Fsp3) is 0.0952. The van der Waals surface area contributed by atoms with Crippen LogP contribution in [0.15, 0.2) is 81.3 Å². The molecule has 0 saturated heterocycles. The topological polar surface area (TPSA) is 95.7 Å². The molecule has 154 valence electrons. The van der Waals surface area contributed by atoms with E-state index in [0.29, 0.717) is 40.0 Å². The molecule has 4 heterocycles. The molecule has 0 spiro atoms. The minimum absolute atomic E-state index is 0.431. The lowest BCUT2D eigenvalue weighted by molar-refractivity contribution is 0.391. The van der Waals surface area contributed by atoms with Crippen molar-refractivity contribution in [1.29, 1.82) is 0 Å². The Morgan fingerprint density at radius 3 is 2.77 bits per heavy atom. The zero-order valence-corrected chi connectivity index (χ0v) is 17.6. The summed E-state index contributed by atoms with van der Waals surface area (Å²) in [5.74, 6) is 2.85. The van der Waals surface area contributed by atoms with Gasteiger partial charge in [0.15, 0.2) is 11.0 Å². The molecule has 4 aromatic heterocycles. The van der Waals surface area contributed by atoms with Gasteiger partial charge in [-0.05, 0) is 36.4 Å². The molecule has 0 atom stereocenters. The van der Waals surface area contributed by atoms with E-state index in [1.807, 2.05) is 47.0 Å². The van der Waals surface area contributed by atoms with Crippen LogP contribution in [-0.4, -0.2) is 29.9 Å². The van der Waals surface area contributed by atoms with Gasteiger partial charge in [0.1, 0.15) is 5.76 Å². The molecule has 0 radical (unpaired) electrons. The average molecular weight is 451 g/mol. The Balaban J connectivity index is 1.39. The third-order valence-electron chi connectivity index (χ3n) is 4.44. The Morgan fingerprint density at radius 1 is 1.03 bits per heavy atom. The van der Waals surface area contributed by atoms with Crippen molar-refractivity contribution in [3.05, 3.63) is 83.9 Å². The van der Waals surface area contributed by atoms with Gasteiger partial charge in [0, 0.05) is 23.5 Å².